The van der Waals surface area contributed by atoms with Gasteiger partial charge in [0.05, 0.1) is 16.3 Å². The first kappa shape index (κ1) is 23.6. The van der Waals surface area contributed by atoms with Crippen LogP contribution in [0.25, 0.3) is 16.3 Å². The van der Waals surface area contributed by atoms with Crippen molar-refractivity contribution in [2.45, 2.75) is 58.7 Å². The van der Waals surface area contributed by atoms with E-state index in [9.17, 15) is 9.18 Å². The Morgan fingerprint density at radius 1 is 1.19 bits per heavy atom. The van der Waals surface area contributed by atoms with Crippen LogP contribution in [-0.2, 0) is 4.43 Å². The van der Waals surface area contributed by atoms with E-state index in [1.807, 2.05) is 13.0 Å². The molecule has 0 aliphatic rings. The first-order valence-electron chi connectivity index (χ1n) is 10.6. The molecule has 0 saturated carbocycles. The van der Waals surface area contributed by atoms with Crippen molar-refractivity contribution in [1.29, 1.82) is 0 Å². The molecule has 0 aliphatic carbocycles. The molecule has 7 heteroatoms. The maximum atomic E-state index is 13.4. The van der Waals surface area contributed by atoms with Gasteiger partial charge in [-0.1, -0.05) is 20.8 Å². The number of carbonyl (C=O) groups is 1. The van der Waals surface area contributed by atoms with Crippen LogP contribution in [0.2, 0.25) is 18.1 Å². The van der Waals surface area contributed by atoms with Crippen molar-refractivity contribution in [2.24, 2.45) is 0 Å². The highest BCUT2D eigenvalue weighted by Gasteiger charge is 2.36. The number of carbonyl (C=O) groups excluding carboxylic acids is 1. The highest BCUT2D eigenvalue weighted by atomic mass is 32.1. The molecule has 0 saturated heterocycles. The highest BCUT2D eigenvalue weighted by molar-refractivity contribution is 7.13. The van der Waals surface area contributed by atoms with Gasteiger partial charge in [0.1, 0.15) is 11.5 Å². The van der Waals surface area contributed by atoms with E-state index < -0.39 is 8.32 Å². The number of hydrogen-bond acceptors (Lipinski definition) is 4. The predicted molar refractivity (Wildman–Crippen MR) is 128 cm³/mol. The number of rotatable bonds is 8. The van der Waals surface area contributed by atoms with Crippen LogP contribution >= 0.6 is 11.3 Å². The summed E-state index contributed by atoms with van der Waals surface area (Å²) in [5, 5.41) is 6.80. The van der Waals surface area contributed by atoms with E-state index in [1.165, 1.54) is 12.1 Å². The van der Waals surface area contributed by atoms with Gasteiger partial charge < -0.3 is 4.43 Å². The summed E-state index contributed by atoms with van der Waals surface area (Å²) in [5.74, 6) is -0.309. The Bertz CT molecular complexity index is 1050. The topological polar surface area (TPSA) is 44.1 Å². The summed E-state index contributed by atoms with van der Waals surface area (Å²) in [6.45, 7) is 13.7. The van der Waals surface area contributed by atoms with Crippen molar-refractivity contribution in [3.8, 4) is 16.3 Å². The summed E-state index contributed by atoms with van der Waals surface area (Å²) >= 11 is 1.60. The highest BCUT2D eigenvalue weighted by Crippen LogP contribution is 2.36. The summed E-state index contributed by atoms with van der Waals surface area (Å²) in [4.78, 5) is 13.9. The van der Waals surface area contributed by atoms with Crippen molar-refractivity contribution in [3.05, 3.63) is 58.9 Å². The van der Waals surface area contributed by atoms with E-state index in [1.54, 1.807) is 28.2 Å². The van der Waals surface area contributed by atoms with Gasteiger partial charge in [0.25, 0.3) is 0 Å². The first-order valence-corrected chi connectivity index (χ1v) is 14.4. The summed E-state index contributed by atoms with van der Waals surface area (Å²) in [6.07, 6.45) is 1.06. The van der Waals surface area contributed by atoms with E-state index in [0.717, 1.165) is 21.8 Å². The van der Waals surface area contributed by atoms with Gasteiger partial charge in [0, 0.05) is 13.0 Å². The maximum absolute atomic E-state index is 13.4. The SMILES string of the molecule is Cc1csc(-c2cc(C(=O)CCCO[Si](C)(C)C(C)(C)C)nn2-c2ccc(F)cc2)c1. The number of aromatic nitrogens is 2. The maximum Gasteiger partial charge on any atom is 0.191 e. The van der Waals surface area contributed by atoms with Crippen molar-refractivity contribution in [3.63, 3.8) is 0 Å². The molecule has 0 amide bonds. The molecule has 1 aromatic carbocycles. The summed E-state index contributed by atoms with van der Waals surface area (Å²) in [5.41, 5.74) is 3.15. The normalized spacial score (nSPS) is 12.4. The molecular weight excluding hydrogens is 427 g/mol. The molecule has 0 N–H and O–H groups in total. The van der Waals surface area contributed by atoms with E-state index in [-0.39, 0.29) is 16.6 Å². The third kappa shape index (κ3) is 5.59. The zero-order chi connectivity index (χ0) is 22.8. The fourth-order valence-electron chi connectivity index (χ4n) is 2.94. The van der Waals surface area contributed by atoms with Crippen LogP contribution in [0.3, 0.4) is 0 Å². The van der Waals surface area contributed by atoms with Crippen LogP contribution in [0.4, 0.5) is 4.39 Å². The second-order valence-corrected chi connectivity index (χ2v) is 15.1. The van der Waals surface area contributed by atoms with Gasteiger partial charge in [-0.2, -0.15) is 5.10 Å². The molecule has 0 unspecified atom stereocenters. The third-order valence-electron chi connectivity index (χ3n) is 5.87. The van der Waals surface area contributed by atoms with Gasteiger partial charge in [0.15, 0.2) is 14.1 Å². The van der Waals surface area contributed by atoms with Gasteiger partial charge in [-0.25, -0.2) is 9.07 Å². The molecule has 0 fully saturated rings. The number of hydrogen-bond donors (Lipinski definition) is 0. The molecule has 166 valence electrons. The molecule has 0 radical (unpaired) electrons. The molecule has 3 rings (SSSR count). The lowest BCUT2D eigenvalue weighted by atomic mass is 10.1. The molecule has 0 atom stereocenters. The molecule has 0 aliphatic heterocycles. The number of benzene rings is 1. The quantitative estimate of drug-likeness (QED) is 0.207. The molecule has 31 heavy (non-hydrogen) atoms. The Balaban J connectivity index is 1.77. The minimum absolute atomic E-state index is 0.00535. The Morgan fingerprint density at radius 3 is 2.45 bits per heavy atom. The lowest BCUT2D eigenvalue weighted by molar-refractivity contribution is 0.0967. The van der Waals surface area contributed by atoms with E-state index in [2.05, 4.69) is 50.4 Å². The van der Waals surface area contributed by atoms with E-state index in [0.29, 0.717) is 25.1 Å². The van der Waals surface area contributed by atoms with Crippen LogP contribution in [0.15, 0.2) is 41.8 Å². The lowest BCUT2D eigenvalue weighted by Crippen LogP contribution is -2.41. The van der Waals surface area contributed by atoms with E-state index >= 15 is 0 Å². The molecule has 0 bridgehead atoms. The molecule has 3 aromatic rings. The fourth-order valence-corrected chi connectivity index (χ4v) is 4.93. The van der Waals surface area contributed by atoms with Crippen LogP contribution in [0, 0.1) is 12.7 Å². The summed E-state index contributed by atoms with van der Waals surface area (Å²) in [6, 6.07) is 10.1. The van der Waals surface area contributed by atoms with Crippen molar-refractivity contribution < 1.29 is 13.6 Å². The zero-order valence-corrected chi connectivity index (χ0v) is 21.0. The van der Waals surface area contributed by atoms with Crippen LogP contribution in [-0.4, -0.2) is 30.5 Å². The zero-order valence-electron chi connectivity index (χ0n) is 19.2. The lowest BCUT2D eigenvalue weighted by Gasteiger charge is -2.36. The fraction of sp³-hybridized carbons (Fsp3) is 0.417. The summed E-state index contributed by atoms with van der Waals surface area (Å²) in [7, 11) is -1.81. The molecule has 4 nitrogen and oxygen atoms in total. The second kappa shape index (κ2) is 9.18. The Hall–Kier alpha value is -2.09. The Labute approximate surface area is 189 Å². The second-order valence-electron chi connectivity index (χ2n) is 9.43. The largest absolute Gasteiger partial charge is 0.417 e. The minimum Gasteiger partial charge on any atom is -0.417 e. The Morgan fingerprint density at radius 2 is 1.87 bits per heavy atom. The molecule has 2 aromatic heterocycles. The number of thiophene rings is 1. The number of ketones is 1. The van der Waals surface area contributed by atoms with Crippen molar-refractivity contribution in [2.75, 3.05) is 6.61 Å². The average molecular weight is 459 g/mol. The Kier molecular flexibility index (Phi) is 6.98. The van der Waals surface area contributed by atoms with Crippen LogP contribution in [0.1, 0.15) is 49.7 Å². The standard InChI is InChI=1S/C24H31FN2O2SSi/c1-17-14-23(30-16-17)21-15-20(26-27(21)19-11-9-18(25)10-12-19)22(28)8-7-13-29-31(5,6)24(2,3)4/h9-12,14-16H,7-8,13H2,1-6H3. The first-order chi connectivity index (χ1) is 14.5. The van der Waals surface area contributed by atoms with Crippen molar-refractivity contribution >= 4 is 25.4 Å². The van der Waals surface area contributed by atoms with Gasteiger partial charge in [-0.15, -0.1) is 11.3 Å². The van der Waals surface area contributed by atoms with Gasteiger partial charge in [-0.05, 0) is 78.8 Å². The number of halogens is 1. The van der Waals surface area contributed by atoms with Gasteiger partial charge in [-0.3, -0.25) is 4.79 Å². The van der Waals surface area contributed by atoms with Gasteiger partial charge in [0.2, 0.25) is 0 Å². The molecule has 0 spiro atoms. The van der Waals surface area contributed by atoms with E-state index in [4.69, 9.17) is 4.43 Å². The molecular formula is C24H31FN2O2SSi. The number of aryl methyl sites for hydroxylation is 1. The molecule has 2 heterocycles. The van der Waals surface area contributed by atoms with Gasteiger partial charge >= 0.3 is 0 Å². The van der Waals surface area contributed by atoms with Crippen LogP contribution < -0.4 is 0 Å². The number of Topliss-reactive ketones (excluding diaryl/α,β-unsaturated/α-hetero) is 1. The third-order valence-corrected chi connectivity index (χ3v) is 11.5. The smallest absolute Gasteiger partial charge is 0.191 e. The van der Waals surface area contributed by atoms with Crippen molar-refractivity contribution in [1.82, 2.24) is 9.78 Å². The predicted octanol–water partition coefficient (Wildman–Crippen LogP) is 7.03. The van der Waals surface area contributed by atoms with Crippen LogP contribution in [0.5, 0.6) is 0 Å². The summed E-state index contributed by atoms with van der Waals surface area (Å²) < 4.78 is 21.3. The number of nitrogens with zero attached hydrogens (tertiary/aromatic N) is 2. The average Bonchev–Trinajstić information content (AvgIpc) is 3.31. The minimum atomic E-state index is -1.81. The monoisotopic (exact) mass is 458 g/mol.